The van der Waals surface area contributed by atoms with Crippen molar-refractivity contribution in [2.75, 3.05) is 33.4 Å². The van der Waals surface area contributed by atoms with Crippen LogP contribution in [0.5, 0.6) is 0 Å². The lowest BCUT2D eigenvalue weighted by atomic mass is 10.2. The van der Waals surface area contributed by atoms with E-state index in [0.29, 0.717) is 18.7 Å². The van der Waals surface area contributed by atoms with Crippen molar-refractivity contribution in [1.29, 1.82) is 0 Å². The number of rotatable bonds is 6. The van der Waals surface area contributed by atoms with Crippen molar-refractivity contribution in [3.8, 4) is 0 Å². The van der Waals surface area contributed by atoms with Gasteiger partial charge in [-0.3, -0.25) is 4.79 Å². The number of hydrogen-bond donors (Lipinski definition) is 1. The van der Waals surface area contributed by atoms with Crippen LogP contribution in [0.2, 0.25) is 0 Å². The first-order valence-corrected chi connectivity index (χ1v) is 5.33. The van der Waals surface area contributed by atoms with Crippen molar-refractivity contribution in [2.45, 2.75) is 0 Å². The van der Waals surface area contributed by atoms with E-state index in [-0.39, 0.29) is 24.9 Å². The molecule has 4 nitrogen and oxygen atoms in total. The van der Waals surface area contributed by atoms with Gasteiger partial charge in [-0.15, -0.1) is 0 Å². The Bertz CT molecular complexity index is 353. The second kappa shape index (κ2) is 6.98. The Balaban J connectivity index is 2.72. The van der Waals surface area contributed by atoms with E-state index in [9.17, 15) is 9.18 Å². The van der Waals surface area contributed by atoms with Crippen LogP contribution in [0, 0.1) is 5.82 Å². The van der Waals surface area contributed by atoms with Gasteiger partial charge in [0.15, 0.2) is 0 Å². The number of nitrogens with zero attached hydrogens (tertiary/aromatic N) is 1. The number of carbonyl (C=O) groups excluding carboxylic acids is 1. The Morgan fingerprint density at radius 3 is 2.53 bits per heavy atom. The first-order valence-electron chi connectivity index (χ1n) is 5.33. The minimum absolute atomic E-state index is 0.114. The van der Waals surface area contributed by atoms with Crippen molar-refractivity contribution in [3.05, 3.63) is 35.6 Å². The SMILES string of the molecule is COCCN(CCO)C(=O)c1ccc(F)cc1. The quantitative estimate of drug-likeness (QED) is 0.805. The summed E-state index contributed by atoms with van der Waals surface area (Å²) < 4.78 is 17.6. The Kier molecular flexibility index (Phi) is 5.59. The third kappa shape index (κ3) is 4.13. The molecule has 0 fully saturated rings. The Labute approximate surface area is 99.6 Å². The zero-order valence-electron chi connectivity index (χ0n) is 9.73. The van der Waals surface area contributed by atoms with Crippen LogP contribution in [0.3, 0.4) is 0 Å². The third-order valence-corrected chi connectivity index (χ3v) is 2.31. The molecule has 94 valence electrons. The second-order valence-electron chi connectivity index (χ2n) is 3.52. The van der Waals surface area contributed by atoms with Crippen LogP contribution in [-0.4, -0.2) is 49.3 Å². The molecule has 0 heterocycles. The zero-order valence-corrected chi connectivity index (χ0v) is 9.73. The molecule has 1 rings (SSSR count). The summed E-state index contributed by atoms with van der Waals surface area (Å²) in [7, 11) is 1.54. The highest BCUT2D eigenvalue weighted by Crippen LogP contribution is 2.06. The summed E-state index contributed by atoms with van der Waals surface area (Å²) in [5, 5.41) is 8.88. The van der Waals surface area contributed by atoms with Gasteiger partial charge < -0.3 is 14.7 Å². The summed E-state index contributed by atoms with van der Waals surface area (Å²) in [5.74, 6) is -0.622. The maximum Gasteiger partial charge on any atom is 0.254 e. The van der Waals surface area contributed by atoms with Gasteiger partial charge in [0.05, 0.1) is 13.2 Å². The van der Waals surface area contributed by atoms with Crippen LogP contribution in [0.4, 0.5) is 4.39 Å². The van der Waals surface area contributed by atoms with E-state index in [1.165, 1.54) is 29.2 Å². The number of benzene rings is 1. The van der Waals surface area contributed by atoms with E-state index >= 15 is 0 Å². The summed E-state index contributed by atoms with van der Waals surface area (Å²) in [4.78, 5) is 13.5. The molecule has 0 aromatic heterocycles. The molecular weight excluding hydrogens is 225 g/mol. The highest BCUT2D eigenvalue weighted by Gasteiger charge is 2.14. The van der Waals surface area contributed by atoms with E-state index in [1.54, 1.807) is 7.11 Å². The van der Waals surface area contributed by atoms with Crippen molar-refractivity contribution >= 4 is 5.91 Å². The number of ether oxygens (including phenoxy) is 1. The molecule has 0 aliphatic carbocycles. The average molecular weight is 241 g/mol. The van der Waals surface area contributed by atoms with Crippen molar-refractivity contribution in [2.24, 2.45) is 0 Å². The molecule has 0 bridgehead atoms. The molecule has 0 saturated carbocycles. The fourth-order valence-corrected chi connectivity index (χ4v) is 1.41. The zero-order chi connectivity index (χ0) is 12.7. The molecule has 1 aromatic carbocycles. The summed E-state index contributed by atoms with van der Waals surface area (Å²) in [6, 6.07) is 5.32. The minimum Gasteiger partial charge on any atom is -0.395 e. The molecule has 5 heteroatoms. The van der Waals surface area contributed by atoms with Gasteiger partial charge >= 0.3 is 0 Å². The van der Waals surface area contributed by atoms with Crippen molar-refractivity contribution in [3.63, 3.8) is 0 Å². The van der Waals surface area contributed by atoms with Gasteiger partial charge in [-0.1, -0.05) is 0 Å². The number of halogens is 1. The summed E-state index contributed by atoms with van der Waals surface area (Å²) in [6.07, 6.45) is 0. The lowest BCUT2D eigenvalue weighted by Gasteiger charge is -2.21. The van der Waals surface area contributed by atoms with E-state index in [1.807, 2.05) is 0 Å². The van der Waals surface area contributed by atoms with Crippen LogP contribution in [0.15, 0.2) is 24.3 Å². The minimum atomic E-state index is -0.382. The van der Waals surface area contributed by atoms with E-state index in [2.05, 4.69) is 0 Å². The molecule has 1 amide bonds. The van der Waals surface area contributed by atoms with Gasteiger partial charge in [-0.05, 0) is 24.3 Å². The number of amides is 1. The molecule has 0 unspecified atom stereocenters. The highest BCUT2D eigenvalue weighted by atomic mass is 19.1. The van der Waals surface area contributed by atoms with E-state index in [4.69, 9.17) is 9.84 Å². The summed E-state index contributed by atoms with van der Waals surface area (Å²) in [6.45, 7) is 0.913. The first kappa shape index (κ1) is 13.6. The third-order valence-electron chi connectivity index (χ3n) is 2.31. The van der Waals surface area contributed by atoms with Crippen LogP contribution in [0.1, 0.15) is 10.4 Å². The number of aliphatic hydroxyl groups excluding tert-OH is 1. The molecule has 0 saturated heterocycles. The standard InChI is InChI=1S/C12H16FNO3/c1-17-9-7-14(6-8-15)12(16)10-2-4-11(13)5-3-10/h2-5,15H,6-9H2,1H3. The fraction of sp³-hybridized carbons (Fsp3) is 0.417. The number of methoxy groups -OCH3 is 1. The molecule has 0 atom stereocenters. The Morgan fingerprint density at radius 2 is 2.00 bits per heavy atom. The molecular formula is C12H16FNO3. The average Bonchev–Trinajstić information content (AvgIpc) is 2.34. The molecule has 1 aromatic rings. The lowest BCUT2D eigenvalue weighted by Crippen LogP contribution is -2.36. The lowest BCUT2D eigenvalue weighted by molar-refractivity contribution is 0.0656. The Morgan fingerprint density at radius 1 is 1.35 bits per heavy atom. The van der Waals surface area contributed by atoms with Gasteiger partial charge in [0.2, 0.25) is 0 Å². The molecule has 0 radical (unpaired) electrons. The molecule has 0 spiro atoms. The van der Waals surface area contributed by atoms with Crippen LogP contribution < -0.4 is 0 Å². The Hall–Kier alpha value is -1.46. The van der Waals surface area contributed by atoms with Crippen molar-refractivity contribution in [1.82, 2.24) is 4.90 Å². The van der Waals surface area contributed by atoms with Gasteiger partial charge in [0, 0.05) is 25.8 Å². The monoisotopic (exact) mass is 241 g/mol. The second-order valence-corrected chi connectivity index (χ2v) is 3.52. The van der Waals surface area contributed by atoms with Crippen LogP contribution in [-0.2, 0) is 4.74 Å². The molecule has 0 aliphatic heterocycles. The largest absolute Gasteiger partial charge is 0.395 e. The predicted molar refractivity (Wildman–Crippen MR) is 61.3 cm³/mol. The first-order chi connectivity index (χ1) is 8.19. The predicted octanol–water partition coefficient (Wildman–Crippen LogP) is 0.907. The van der Waals surface area contributed by atoms with Gasteiger partial charge in [0.25, 0.3) is 5.91 Å². The summed E-state index contributed by atoms with van der Waals surface area (Å²) >= 11 is 0. The van der Waals surface area contributed by atoms with Crippen molar-refractivity contribution < 1.29 is 19.0 Å². The normalized spacial score (nSPS) is 10.3. The van der Waals surface area contributed by atoms with Gasteiger partial charge in [-0.25, -0.2) is 4.39 Å². The number of aliphatic hydroxyl groups is 1. The maximum absolute atomic E-state index is 12.7. The van der Waals surface area contributed by atoms with Crippen LogP contribution in [0.25, 0.3) is 0 Å². The molecule has 1 N–H and O–H groups in total. The molecule has 17 heavy (non-hydrogen) atoms. The topological polar surface area (TPSA) is 49.8 Å². The van der Waals surface area contributed by atoms with Gasteiger partial charge in [-0.2, -0.15) is 0 Å². The highest BCUT2D eigenvalue weighted by molar-refractivity contribution is 5.94. The maximum atomic E-state index is 12.7. The van der Waals surface area contributed by atoms with E-state index < -0.39 is 0 Å². The molecule has 0 aliphatic rings. The summed E-state index contributed by atoms with van der Waals surface area (Å²) in [5.41, 5.74) is 0.399. The fourth-order valence-electron chi connectivity index (χ4n) is 1.41. The van der Waals surface area contributed by atoms with Gasteiger partial charge in [0.1, 0.15) is 5.82 Å². The van der Waals surface area contributed by atoms with E-state index in [0.717, 1.165) is 0 Å². The number of hydrogen-bond acceptors (Lipinski definition) is 3. The van der Waals surface area contributed by atoms with Crippen LogP contribution >= 0.6 is 0 Å². The number of carbonyl (C=O) groups is 1. The smallest absolute Gasteiger partial charge is 0.254 e.